The summed E-state index contributed by atoms with van der Waals surface area (Å²) in [6.45, 7) is 6.72. The van der Waals surface area contributed by atoms with Crippen LogP contribution in [0.5, 0.6) is 0 Å². The zero-order valence-corrected chi connectivity index (χ0v) is 17.4. The van der Waals surface area contributed by atoms with Gasteiger partial charge in [-0.2, -0.15) is 5.10 Å². The van der Waals surface area contributed by atoms with Crippen molar-refractivity contribution in [1.29, 1.82) is 0 Å². The average molecular weight is 408 g/mol. The van der Waals surface area contributed by atoms with Gasteiger partial charge in [0.1, 0.15) is 12.1 Å². The number of hydrogen-bond acceptors (Lipinski definition) is 4. The van der Waals surface area contributed by atoms with Crippen LogP contribution in [-0.4, -0.2) is 19.7 Å². The topological polar surface area (TPSA) is 76.7 Å². The molecule has 7 heteroatoms. The molecule has 1 aromatic carbocycles. The number of hydrogen-bond donors (Lipinski definition) is 1. The van der Waals surface area contributed by atoms with Gasteiger partial charge in [-0.05, 0) is 38.0 Å². The summed E-state index contributed by atoms with van der Waals surface area (Å²) < 4.78 is 21.8. The number of rotatable bonds is 7. The lowest BCUT2D eigenvalue weighted by atomic mass is 9.73. The van der Waals surface area contributed by atoms with Gasteiger partial charge in [-0.25, -0.2) is 9.37 Å². The van der Waals surface area contributed by atoms with Crippen molar-refractivity contribution in [2.75, 3.05) is 0 Å². The molecule has 1 N–H and O–H groups in total. The van der Waals surface area contributed by atoms with Crippen LogP contribution in [0, 0.1) is 5.82 Å². The maximum atomic E-state index is 14.6. The maximum Gasteiger partial charge on any atom is 0.252 e. The summed E-state index contributed by atoms with van der Waals surface area (Å²) in [5.74, 6) is 0.259. The highest BCUT2D eigenvalue weighted by Crippen LogP contribution is 2.34. The van der Waals surface area contributed by atoms with Crippen LogP contribution in [0.15, 0.2) is 52.1 Å². The molecule has 0 amide bonds. The molecule has 3 heterocycles. The van der Waals surface area contributed by atoms with Crippen LogP contribution in [-0.2, 0) is 18.4 Å². The first-order valence-electron chi connectivity index (χ1n) is 10.3. The third-order valence-corrected chi connectivity index (χ3v) is 6.13. The molecule has 0 fully saturated rings. The van der Waals surface area contributed by atoms with E-state index in [0.29, 0.717) is 46.6 Å². The van der Waals surface area contributed by atoms with Crippen molar-refractivity contribution in [3.05, 3.63) is 70.5 Å². The Hall–Kier alpha value is -3.22. The largest absolute Gasteiger partial charge is 0.449 e. The summed E-state index contributed by atoms with van der Waals surface area (Å²) in [5, 5.41) is 4.69. The highest BCUT2D eigenvalue weighted by atomic mass is 19.1. The van der Waals surface area contributed by atoms with Crippen LogP contribution < -0.4 is 5.56 Å². The fraction of sp³-hybridized carbons (Fsp3) is 0.348. The Morgan fingerprint density at radius 3 is 2.63 bits per heavy atom. The standard InChI is InChI=1S/C23H25FN4O2/c1-4-23(5-2,13-21-25-9-10-30-21)17-7-8-19(27-22(17)29)15-11-18(24)16-14-26-28(6-3)20(16)12-15/h7-12,14H,4-6,13H2,1-3H3,(H,27,29). The van der Waals surface area contributed by atoms with E-state index < -0.39 is 0 Å². The second-order valence-corrected chi connectivity index (χ2v) is 7.56. The lowest BCUT2D eigenvalue weighted by Gasteiger charge is -2.30. The third kappa shape index (κ3) is 3.34. The van der Waals surface area contributed by atoms with Gasteiger partial charge in [0.15, 0.2) is 5.89 Å². The molecular weight excluding hydrogens is 383 g/mol. The Kier molecular flexibility index (Phi) is 5.28. The first-order valence-corrected chi connectivity index (χ1v) is 10.3. The molecule has 156 valence electrons. The number of pyridine rings is 1. The summed E-state index contributed by atoms with van der Waals surface area (Å²) in [4.78, 5) is 20.3. The molecule has 0 unspecified atom stereocenters. The van der Waals surface area contributed by atoms with Gasteiger partial charge >= 0.3 is 0 Å². The highest BCUT2D eigenvalue weighted by Gasteiger charge is 2.33. The molecule has 0 saturated carbocycles. The predicted molar refractivity (Wildman–Crippen MR) is 114 cm³/mol. The van der Waals surface area contributed by atoms with Gasteiger partial charge in [-0.15, -0.1) is 0 Å². The molecular formula is C23H25FN4O2. The molecule has 0 aliphatic heterocycles. The van der Waals surface area contributed by atoms with Crippen molar-refractivity contribution in [2.45, 2.75) is 52.0 Å². The molecule has 6 nitrogen and oxygen atoms in total. The fourth-order valence-electron chi connectivity index (χ4n) is 4.21. The maximum absolute atomic E-state index is 14.6. The van der Waals surface area contributed by atoms with Gasteiger partial charge in [0.25, 0.3) is 5.56 Å². The van der Waals surface area contributed by atoms with Crippen LogP contribution in [0.4, 0.5) is 4.39 Å². The molecule has 3 aromatic heterocycles. The average Bonchev–Trinajstić information content (AvgIpc) is 3.41. The molecule has 0 atom stereocenters. The number of aromatic nitrogens is 4. The molecule has 0 spiro atoms. The van der Waals surface area contributed by atoms with E-state index >= 15 is 0 Å². The summed E-state index contributed by atoms with van der Waals surface area (Å²) in [6, 6.07) is 7.00. The molecule has 4 rings (SSSR count). The Morgan fingerprint density at radius 1 is 1.20 bits per heavy atom. The van der Waals surface area contributed by atoms with Gasteiger partial charge in [0, 0.05) is 35.2 Å². The van der Waals surface area contributed by atoms with Crippen molar-refractivity contribution in [3.8, 4) is 11.3 Å². The van der Waals surface area contributed by atoms with Crippen molar-refractivity contribution in [3.63, 3.8) is 0 Å². The number of nitrogens with zero attached hydrogens (tertiary/aromatic N) is 3. The number of aromatic amines is 1. The lowest BCUT2D eigenvalue weighted by Crippen LogP contribution is -2.34. The highest BCUT2D eigenvalue weighted by molar-refractivity contribution is 5.84. The number of benzene rings is 1. The second kappa shape index (κ2) is 7.89. The van der Waals surface area contributed by atoms with Gasteiger partial charge in [0.2, 0.25) is 0 Å². The second-order valence-electron chi connectivity index (χ2n) is 7.56. The quantitative estimate of drug-likeness (QED) is 0.475. The summed E-state index contributed by atoms with van der Waals surface area (Å²) >= 11 is 0. The van der Waals surface area contributed by atoms with E-state index in [1.165, 1.54) is 12.3 Å². The van der Waals surface area contributed by atoms with Crippen LogP contribution in [0.3, 0.4) is 0 Å². The van der Waals surface area contributed by atoms with E-state index in [0.717, 1.165) is 12.8 Å². The third-order valence-electron chi connectivity index (χ3n) is 6.13. The molecule has 0 saturated heterocycles. The van der Waals surface area contributed by atoms with E-state index in [2.05, 4.69) is 28.9 Å². The van der Waals surface area contributed by atoms with Crippen molar-refractivity contribution in [1.82, 2.24) is 19.7 Å². The van der Waals surface area contributed by atoms with Crippen LogP contribution in [0.1, 0.15) is 45.1 Å². The predicted octanol–water partition coefficient (Wildman–Crippen LogP) is 4.84. The van der Waals surface area contributed by atoms with E-state index in [1.807, 2.05) is 25.1 Å². The minimum atomic E-state index is -0.382. The van der Waals surface area contributed by atoms with Gasteiger partial charge in [-0.1, -0.05) is 19.9 Å². The minimum Gasteiger partial charge on any atom is -0.449 e. The van der Waals surface area contributed by atoms with Crippen molar-refractivity contribution in [2.24, 2.45) is 0 Å². The molecule has 30 heavy (non-hydrogen) atoms. The molecule has 0 bridgehead atoms. The van der Waals surface area contributed by atoms with Gasteiger partial charge in [0.05, 0.1) is 23.3 Å². The SMILES string of the molecule is CCn1ncc2c(F)cc(-c3ccc(C(CC)(CC)Cc4ncco4)c(=O)[nH]3)cc21. The van der Waals surface area contributed by atoms with E-state index in [-0.39, 0.29) is 16.8 Å². The number of aryl methyl sites for hydroxylation is 1. The monoisotopic (exact) mass is 408 g/mol. The van der Waals surface area contributed by atoms with E-state index in [9.17, 15) is 9.18 Å². The zero-order chi connectivity index (χ0) is 21.3. The lowest BCUT2D eigenvalue weighted by molar-refractivity contribution is 0.344. The van der Waals surface area contributed by atoms with Crippen LogP contribution in [0.25, 0.3) is 22.2 Å². The van der Waals surface area contributed by atoms with Gasteiger partial charge < -0.3 is 9.40 Å². The van der Waals surface area contributed by atoms with Crippen molar-refractivity contribution < 1.29 is 8.81 Å². The van der Waals surface area contributed by atoms with Gasteiger partial charge in [-0.3, -0.25) is 9.48 Å². The van der Waals surface area contributed by atoms with Crippen LogP contribution >= 0.6 is 0 Å². The fourth-order valence-corrected chi connectivity index (χ4v) is 4.21. The first-order chi connectivity index (χ1) is 14.5. The van der Waals surface area contributed by atoms with E-state index in [4.69, 9.17) is 4.42 Å². The van der Waals surface area contributed by atoms with Crippen molar-refractivity contribution >= 4 is 10.9 Å². The Balaban J connectivity index is 1.78. The zero-order valence-electron chi connectivity index (χ0n) is 17.4. The number of nitrogens with one attached hydrogen (secondary N) is 1. The Labute approximate surface area is 173 Å². The smallest absolute Gasteiger partial charge is 0.252 e. The van der Waals surface area contributed by atoms with Crippen LogP contribution in [0.2, 0.25) is 0 Å². The number of H-pyrrole nitrogens is 1. The minimum absolute atomic E-state index is 0.174. The first kappa shape index (κ1) is 20.1. The molecule has 4 aromatic rings. The molecule has 0 aliphatic carbocycles. The number of oxazole rings is 1. The Morgan fingerprint density at radius 2 is 2.00 bits per heavy atom. The molecule has 0 aliphatic rings. The number of fused-ring (bicyclic) bond motifs is 1. The summed E-state index contributed by atoms with van der Waals surface area (Å²) in [5.41, 5.74) is 2.03. The Bertz CT molecular complexity index is 1220. The number of halogens is 1. The molecule has 0 radical (unpaired) electrons. The summed E-state index contributed by atoms with van der Waals surface area (Å²) in [6.07, 6.45) is 6.78. The normalized spacial score (nSPS) is 12.0. The summed E-state index contributed by atoms with van der Waals surface area (Å²) in [7, 11) is 0. The van der Waals surface area contributed by atoms with E-state index in [1.54, 1.807) is 17.1 Å².